The lowest BCUT2D eigenvalue weighted by atomic mass is 9.99. The van der Waals surface area contributed by atoms with Crippen molar-refractivity contribution >= 4 is 11.6 Å². The van der Waals surface area contributed by atoms with Gasteiger partial charge in [-0.15, -0.1) is 0 Å². The van der Waals surface area contributed by atoms with E-state index in [4.69, 9.17) is 0 Å². The van der Waals surface area contributed by atoms with Gasteiger partial charge in [0.25, 0.3) is 5.91 Å². The summed E-state index contributed by atoms with van der Waals surface area (Å²) in [4.78, 5) is 14.6. The first-order chi connectivity index (χ1) is 11.1. The SMILES string of the molecule is CCn1cc(CN(C)C(=O)c2cccc3c2NCCC3)c(C)n1. The summed E-state index contributed by atoms with van der Waals surface area (Å²) in [6, 6.07) is 6.00. The number of rotatable bonds is 4. The summed E-state index contributed by atoms with van der Waals surface area (Å²) in [5, 5.41) is 7.84. The molecule has 0 unspecified atom stereocenters. The van der Waals surface area contributed by atoms with Crippen molar-refractivity contribution in [1.29, 1.82) is 0 Å². The van der Waals surface area contributed by atoms with Gasteiger partial charge in [-0.2, -0.15) is 5.10 Å². The Labute approximate surface area is 137 Å². The third-order valence-electron chi connectivity index (χ3n) is 4.43. The minimum Gasteiger partial charge on any atom is -0.384 e. The number of nitrogens with one attached hydrogen (secondary N) is 1. The van der Waals surface area contributed by atoms with Crippen LogP contribution in [0.15, 0.2) is 24.4 Å². The lowest BCUT2D eigenvalue weighted by molar-refractivity contribution is 0.0785. The van der Waals surface area contributed by atoms with Crippen molar-refractivity contribution in [2.24, 2.45) is 0 Å². The van der Waals surface area contributed by atoms with Gasteiger partial charge in [0.05, 0.1) is 16.9 Å². The molecule has 23 heavy (non-hydrogen) atoms. The number of para-hydroxylation sites is 1. The Bertz CT molecular complexity index is 720. The summed E-state index contributed by atoms with van der Waals surface area (Å²) < 4.78 is 1.91. The highest BCUT2D eigenvalue weighted by Crippen LogP contribution is 2.27. The quantitative estimate of drug-likeness (QED) is 0.944. The van der Waals surface area contributed by atoms with E-state index in [9.17, 15) is 4.79 Å². The van der Waals surface area contributed by atoms with Gasteiger partial charge in [-0.1, -0.05) is 12.1 Å². The van der Waals surface area contributed by atoms with Crippen molar-refractivity contribution in [1.82, 2.24) is 14.7 Å². The molecule has 0 bridgehead atoms. The highest BCUT2D eigenvalue weighted by atomic mass is 16.2. The molecule has 0 saturated heterocycles. The molecule has 2 aromatic rings. The van der Waals surface area contributed by atoms with E-state index in [1.54, 1.807) is 4.90 Å². The van der Waals surface area contributed by atoms with Crippen molar-refractivity contribution in [2.75, 3.05) is 18.9 Å². The molecular weight excluding hydrogens is 288 g/mol. The van der Waals surface area contributed by atoms with Gasteiger partial charge < -0.3 is 10.2 Å². The van der Waals surface area contributed by atoms with Gasteiger partial charge >= 0.3 is 0 Å². The summed E-state index contributed by atoms with van der Waals surface area (Å²) in [5.74, 6) is 0.0555. The molecule has 0 aliphatic carbocycles. The Morgan fingerprint density at radius 3 is 3.00 bits per heavy atom. The molecule has 0 fully saturated rings. The Hall–Kier alpha value is -2.30. The fraction of sp³-hybridized carbons (Fsp3) is 0.444. The maximum absolute atomic E-state index is 12.9. The molecule has 5 heteroatoms. The molecule has 0 spiro atoms. The predicted octanol–water partition coefficient (Wildman–Crippen LogP) is 2.84. The second-order valence-electron chi connectivity index (χ2n) is 6.13. The number of amides is 1. The van der Waals surface area contributed by atoms with Crippen LogP contribution >= 0.6 is 0 Å². The number of carbonyl (C=O) groups excluding carboxylic acids is 1. The molecule has 122 valence electrons. The minimum atomic E-state index is 0.0555. The number of aryl methyl sites for hydroxylation is 3. The van der Waals surface area contributed by atoms with Gasteiger partial charge in [0, 0.05) is 38.4 Å². The van der Waals surface area contributed by atoms with Gasteiger partial charge in [-0.05, 0) is 38.3 Å². The average Bonchev–Trinajstić information content (AvgIpc) is 2.93. The Kier molecular flexibility index (Phi) is 4.37. The lowest BCUT2D eigenvalue weighted by Crippen LogP contribution is -2.28. The normalized spacial score (nSPS) is 13.3. The smallest absolute Gasteiger partial charge is 0.256 e. The molecule has 2 heterocycles. The number of aromatic nitrogens is 2. The van der Waals surface area contributed by atoms with Crippen LogP contribution in [0.25, 0.3) is 0 Å². The molecule has 1 aromatic carbocycles. The van der Waals surface area contributed by atoms with E-state index in [-0.39, 0.29) is 5.91 Å². The number of anilines is 1. The van der Waals surface area contributed by atoms with Crippen LogP contribution in [0.3, 0.4) is 0 Å². The Morgan fingerprint density at radius 2 is 2.26 bits per heavy atom. The maximum Gasteiger partial charge on any atom is 0.256 e. The number of hydrogen-bond donors (Lipinski definition) is 1. The number of hydrogen-bond acceptors (Lipinski definition) is 3. The molecule has 5 nitrogen and oxygen atoms in total. The first kappa shape index (κ1) is 15.6. The zero-order valence-corrected chi connectivity index (χ0v) is 14.1. The van der Waals surface area contributed by atoms with Crippen LogP contribution in [0.1, 0.15) is 40.5 Å². The van der Waals surface area contributed by atoms with Crippen LogP contribution in [0, 0.1) is 6.92 Å². The number of carbonyl (C=O) groups is 1. The van der Waals surface area contributed by atoms with Crippen molar-refractivity contribution in [2.45, 2.75) is 39.8 Å². The van der Waals surface area contributed by atoms with Gasteiger partial charge in [-0.3, -0.25) is 9.48 Å². The van der Waals surface area contributed by atoms with E-state index in [1.165, 1.54) is 5.56 Å². The van der Waals surface area contributed by atoms with E-state index >= 15 is 0 Å². The van der Waals surface area contributed by atoms with Crippen LogP contribution in [0.5, 0.6) is 0 Å². The molecule has 0 atom stereocenters. The predicted molar refractivity (Wildman–Crippen MR) is 91.7 cm³/mol. The molecule has 0 saturated carbocycles. The molecule has 3 rings (SSSR count). The summed E-state index contributed by atoms with van der Waals surface area (Å²) in [5.41, 5.74) is 5.10. The van der Waals surface area contributed by atoms with Crippen LogP contribution in [-0.4, -0.2) is 34.2 Å². The zero-order valence-electron chi connectivity index (χ0n) is 14.1. The van der Waals surface area contributed by atoms with E-state index in [0.717, 1.165) is 48.4 Å². The average molecular weight is 312 g/mol. The van der Waals surface area contributed by atoms with E-state index in [1.807, 2.05) is 37.0 Å². The number of benzene rings is 1. The summed E-state index contributed by atoms with van der Waals surface area (Å²) in [6.45, 7) is 6.41. The van der Waals surface area contributed by atoms with Crippen molar-refractivity contribution in [3.05, 3.63) is 46.8 Å². The van der Waals surface area contributed by atoms with Gasteiger partial charge in [-0.25, -0.2) is 0 Å². The molecule has 0 radical (unpaired) electrons. The lowest BCUT2D eigenvalue weighted by Gasteiger charge is -2.23. The summed E-state index contributed by atoms with van der Waals surface area (Å²) in [7, 11) is 1.85. The highest BCUT2D eigenvalue weighted by molar-refractivity contribution is 6.00. The second-order valence-corrected chi connectivity index (χ2v) is 6.13. The van der Waals surface area contributed by atoms with Crippen LogP contribution < -0.4 is 5.32 Å². The largest absolute Gasteiger partial charge is 0.384 e. The summed E-state index contributed by atoms with van der Waals surface area (Å²) in [6.07, 6.45) is 4.18. The van der Waals surface area contributed by atoms with Crippen LogP contribution in [-0.2, 0) is 19.5 Å². The fourth-order valence-electron chi connectivity index (χ4n) is 3.10. The minimum absolute atomic E-state index is 0.0555. The van der Waals surface area contributed by atoms with Crippen molar-refractivity contribution in [3.63, 3.8) is 0 Å². The molecule has 1 amide bonds. The molecule has 1 N–H and O–H groups in total. The number of nitrogens with zero attached hydrogens (tertiary/aromatic N) is 3. The van der Waals surface area contributed by atoms with Gasteiger partial charge in [0.2, 0.25) is 0 Å². The third kappa shape index (κ3) is 3.09. The molecule has 1 aromatic heterocycles. The number of fused-ring (bicyclic) bond motifs is 1. The molecule has 1 aliphatic heterocycles. The van der Waals surface area contributed by atoms with Crippen LogP contribution in [0.4, 0.5) is 5.69 Å². The van der Waals surface area contributed by atoms with Crippen LogP contribution in [0.2, 0.25) is 0 Å². The Morgan fingerprint density at radius 1 is 1.43 bits per heavy atom. The Balaban J connectivity index is 1.81. The molecule has 1 aliphatic rings. The fourth-order valence-corrected chi connectivity index (χ4v) is 3.10. The maximum atomic E-state index is 12.9. The van der Waals surface area contributed by atoms with E-state index in [0.29, 0.717) is 6.54 Å². The van der Waals surface area contributed by atoms with Gasteiger partial charge in [0.15, 0.2) is 0 Å². The molecular formula is C18H24N4O. The second kappa shape index (κ2) is 6.44. The third-order valence-corrected chi connectivity index (χ3v) is 4.43. The zero-order chi connectivity index (χ0) is 16.4. The monoisotopic (exact) mass is 312 g/mol. The first-order valence-corrected chi connectivity index (χ1v) is 8.24. The standard InChI is InChI=1S/C18H24N4O/c1-4-22-12-15(13(2)20-22)11-21(3)18(23)16-9-5-7-14-8-6-10-19-17(14)16/h5,7,9,12,19H,4,6,8,10-11H2,1-3H3. The van der Waals surface area contributed by atoms with Gasteiger partial charge in [0.1, 0.15) is 0 Å². The van der Waals surface area contributed by atoms with E-state index < -0.39 is 0 Å². The van der Waals surface area contributed by atoms with E-state index in [2.05, 4.69) is 23.4 Å². The van der Waals surface area contributed by atoms with Crippen molar-refractivity contribution in [3.8, 4) is 0 Å². The van der Waals surface area contributed by atoms with Crippen molar-refractivity contribution < 1.29 is 4.79 Å². The summed E-state index contributed by atoms with van der Waals surface area (Å²) >= 11 is 0. The topological polar surface area (TPSA) is 50.2 Å². The first-order valence-electron chi connectivity index (χ1n) is 8.24. The highest BCUT2D eigenvalue weighted by Gasteiger charge is 2.21.